The van der Waals surface area contributed by atoms with E-state index in [1.807, 2.05) is 0 Å². The van der Waals surface area contributed by atoms with Crippen molar-refractivity contribution >= 4 is 0 Å². The van der Waals surface area contributed by atoms with Crippen molar-refractivity contribution in [2.24, 2.45) is 59.2 Å². The van der Waals surface area contributed by atoms with E-state index in [0.29, 0.717) is 0 Å². The summed E-state index contributed by atoms with van der Waals surface area (Å²) in [5.41, 5.74) is 0. The third-order valence-electron chi connectivity index (χ3n) is 12.2. The highest BCUT2D eigenvalue weighted by molar-refractivity contribution is 4.62. The van der Waals surface area contributed by atoms with Gasteiger partial charge in [0.2, 0.25) is 0 Å². The van der Waals surface area contributed by atoms with Gasteiger partial charge in [-0.1, -0.05) is 260 Å². The van der Waals surface area contributed by atoms with Crippen LogP contribution in [0.5, 0.6) is 0 Å². The maximum absolute atomic E-state index is 2.39. The van der Waals surface area contributed by atoms with Crippen molar-refractivity contribution < 1.29 is 0 Å². The van der Waals surface area contributed by atoms with Crippen molar-refractivity contribution in [3.63, 3.8) is 0 Å². The molecule has 0 N–H and O–H groups in total. The zero-order chi connectivity index (χ0) is 39.9. The summed E-state index contributed by atoms with van der Waals surface area (Å²) < 4.78 is 0. The zero-order valence-electron chi connectivity index (χ0n) is 39.9. The lowest BCUT2D eigenvalue weighted by Crippen LogP contribution is -2.06. The van der Waals surface area contributed by atoms with Gasteiger partial charge >= 0.3 is 0 Å². The fraction of sp³-hybridized carbons (Fsp3) is 1.00. The van der Waals surface area contributed by atoms with Crippen LogP contribution in [0.3, 0.4) is 0 Å². The minimum absolute atomic E-state index is 0.917. The van der Waals surface area contributed by atoms with E-state index in [0.717, 1.165) is 59.2 Å². The normalized spacial score (nSPS) is 16.8. The van der Waals surface area contributed by atoms with E-state index in [1.165, 1.54) is 128 Å². The van der Waals surface area contributed by atoms with Crippen molar-refractivity contribution in [2.75, 3.05) is 0 Å². The first-order chi connectivity index (χ1) is 23.6. The molecule has 0 aromatic heterocycles. The first-order valence-corrected chi connectivity index (χ1v) is 23.6. The molecule has 0 rings (SSSR count). The van der Waals surface area contributed by atoms with Crippen LogP contribution >= 0.6 is 0 Å². The minimum Gasteiger partial charge on any atom is -0.0654 e. The summed E-state index contributed by atoms with van der Waals surface area (Å²) in [5, 5.41) is 0. The lowest BCUT2D eigenvalue weighted by molar-refractivity contribution is 0.339. The van der Waals surface area contributed by atoms with Gasteiger partial charge < -0.3 is 0 Å². The Morgan fingerprint density at radius 2 is 0.420 bits per heavy atom. The van der Waals surface area contributed by atoms with E-state index in [4.69, 9.17) is 0 Å². The maximum atomic E-state index is 2.39. The predicted molar refractivity (Wildman–Crippen MR) is 241 cm³/mol. The summed E-state index contributed by atoms with van der Waals surface area (Å²) in [6.45, 7) is 46.4. The van der Waals surface area contributed by atoms with Gasteiger partial charge in [0.15, 0.2) is 0 Å². The molecule has 0 aliphatic rings. The minimum atomic E-state index is 0.917. The maximum Gasteiger partial charge on any atom is -0.0417 e. The second-order valence-electron chi connectivity index (χ2n) is 17.8. The summed E-state index contributed by atoms with van der Waals surface area (Å²) in [7, 11) is 0. The van der Waals surface area contributed by atoms with Gasteiger partial charge in [-0.15, -0.1) is 0 Å². The molecule has 10 unspecified atom stereocenters. The van der Waals surface area contributed by atoms with Crippen LogP contribution in [0, 0.1) is 59.2 Å². The average molecular weight is 711 g/mol. The highest BCUT2D eigenvalue weighted by Crippen LogP contribution is 2.22. The number of hydrogen-bond acceptors (Lipinski definition) is 0. The van der Waals surface area contributed by atoms with Crippen LogP contribution in [-0.4, -0.2) is 0 Å². The van der Waals surface area contributed by atoms with Gasteiger partial charge in [0.25, 0.3) is 0 Å². The van der Waals surface area contributed by atoms with Crippen LogP contribution in [0.1, 0.15) is 267 Å². The molecule has 0 saturated heterocycles. The van der Waals surface area contributed by atoms with Gasteiger partial charge in [0.05, 0.1) is 0 Å². The van der Waals surface area contributed by atoms with E-state index in [1.54, 1.807) is 0 Å². The lowest BCUT2D eigenvalue weighted by Gasteiger charge is -2.17. The molecule has 0 spiro atoms. The molecular weight excluding hydrogens is 601 g/mol. The van der Waals surface area contributed by atoms with Crippen LogP contribution in [0.4, 0.5) is 0 Å². The van der Waals surface area contributed by atoms with Gasteiger partial charge in [-0.25, -0.2) is 0 Å². The second-order valence-corrected chi connectivity index (χ2v) is 17.8. The summed E-state index contributed by atoms with van der Waals surface area (Å²) in [6.07, 6.45) is 27.6. The molecule has 0 aromatic carbocycles. The van der Waals surface area contributed by atoms with Crippen molar-refractivity contribution in [1.82, 2.24) is 0 Å². The highest BCUT2D eigenvalue weighted by Gasteiger charge is 2.10. The molecule has 0 fully saturated rings. The molecule has 0 bridgehead atoms. The van der Waals surface area contributed by atoms with Crippen LogP contribution in [0.25, 0.3) is 0 Å². The molecule has 310 valence electrons. The van der Waals surface area contributed by atoms with Gasteiger partial charge in [0, 0.05) is 0 Å². The van der Waals surface area contributed by atoms with E-state index in [2.05, 4.69) is 138 Å². The molecule has 0 aliphatic heterocycles. The van der Waals surface area contributed by atoms with E-state index in [-0.39, 0.29) is 0 Å². The molecule has 0 heteroatoms. The molecule has 0 radical (unpaired) electrons. The molecule has 10 atom stereocenters. The Morgan fingerprint density at radius 3 is 0.640 bits per heavy atom. The van der Waals surface area contributed by atoms with Crippen molar-refractivity contribution in [2.45, 2.75) is 267 Å². The van der Waals surface area contributed by atoms with Crippen LogP contribution < -0.4 is 0 Å². The molecule has 0 nitrogen and oxygen atoms in total. The third kappa shape index (κ3) is 46.0. The molecule has 0 heterocycles. The number of rotatable bonds is 25. The van der Waals surface area contributed by atoms with Crippen molar-refractivity contribution in [3.8, 4) is 0 Å². The fourth-order valence-corrected chi connectivity index (χ4v) is 7.18. The summed E-state index contributed by atoms with van der Waals surface area (Å²) >= 11 is 0. The van der Waals surface area contributed by atoms with Crippen LogP contribution in [0.2, 0.25) is 0 Å². The van der Waals surface area contributed by atoms with Gasteiger partial charge in [-0.05, 0) is 65.6 Å². The molecule has 0 amide bonds. The number of hydrogen-bond donors (Lipinski definition) is 0. The van der Waals surface area contributed by atoms with Crippen LogP contribution in [0.15, 0.2) is 0 Å². The lowest BCUT2D eigenvalue weighted by atomic mass is 9.89. The fourth-order valence-electron chi connectivity index (χ4n) is 7.18. The van der Waals surface area contributed by atoms with E-state index < -0.39 is 0 Å². The third-order valence-corrected chi connectivity index (χ3v) is 12.2. The standard InChI is InChI=1S/C12H26.C11H24.C10H22.C9H20.C8H18/c1-5-7-11(3)9-10-12(4)8-6-2;1-5-7-10(3)9-11(4)8-6-2;1-5-7-9(3)10(4)8-6-2;1-5-7-9(4)8(3)6-2;1-5-7(3)8(4)6-2/h11-12H,5-10H2,1-4H3;10-11H,5-9H2,1-4H3;9-10H,5-8H2,1-4H3;8-9H,5-7H2,1-4H3;7-8H,5-6H2,1-4H3. The molecule has 0 saturated carbocycles. The van der Waals surface area contributed by atoms with Crippen molar-refractivity contribution in [3.05, 3.63) is 0 Å². The Morgan fingerprint density at radius 1 is 0.220 bits per heavy atom. The van der Waals surface area contributed by atoms with E-state index in [9.17, 15) is 0 Å². The second kappa shape index (κ2) is 45.2. The Bertz CT molecular complexity index is 524. The van der Waals surface area contributed by atoms with Gasteiger partial charge in [0.1, 0.15) is 0 Å². The Labute approximate surface area is 325 Å². The first-order valence-electron chi connectivity index (χ1n) is 23.6. The Hall–Kier alpha value is 0. The Balaban J connectivity index is -0.000000170. The topological polar surface area (TPSA) is 0 Å². The predicted octanol–water partition coefficient (Wildman–Crippen LogP) is 19.3. The smallest absolute Gasteiger partial charge is 0.0417 e. The average Bonchev–Trinajstić information content (AvgIpc) is 3.08. The van der Waals surface area contributed by atoms with Crippen LogP contribution in [-0.2, 0) is 0 Å². The van der Waals surface area contributed by atoms with E-state index >= 15 is 0 Å². The molecular formula is C50H110. The van der Waals surface area contributed by atoms with Crippen molar-refractivity contribution in [1.29, 1.82) is 0 Å². The van der Waals surface area contributed by atoms with Gasteiger partial charge in [-0.2, -0.15) is 0 Å². The molecule has 0 aliphatic carbocycles. The quantitative estimate of drug-likeness (QED) is 0.0885. The summed E-state index contributed by atoms with van der Waals surface area (Å²) in [4.78, 5) is 0. The Kier molecular flexibility index (Phi) is 53.5. The highest BCUT2D eigenvalue weighted by atomic mass is 14.2. The molecule has 50 heavy (non-hydrogen) atoms. The first kappa shape index (κ1) is 59.3. The zero-order valence-corrected chi connectivity index (χ0v) is 39.9. The monoisotopic (exact) mass is 711 g/mol. The van der Waals surface area contributed by atoms with Gasteiger partial charge in [-0.3, -0.25) is 0 Å². The SMILES string of the molecule is CCC(C)C(C)CC.CCCC(C)C(C)CC.CCCC(C)C(C)CCC.CCCC(C)CC(C)CCC.CCCC(C)CCC(C)CCC. The summed E-state index contributed by atoms with van der Waals surface area (Å²) in [5.74, 6) is 9.35. The molecule has 0 aromatic rings. The summed E-state index contributed by atoms with van der Waals surface area (Å²) in [6, 6.07) is 0. The largest absolute Gasteiger partial charge is 0.0654 e.